The predicted molar refractivity (Wildman–Crippen MR) is 85.6 cm³/mol. The first-order valence-corrected chi connectivity index (χ1v) is 7.83. The predicted octanol–water partition coefficient (Wildman–Crippen LogP) is 3.48. The molecular weight excluding hydrogens is 299 g/mol. The molecule has 0 aliphatic carbocycles. The van der Waals surface area contributed by atoms with E-state index in [1.54, 1.807) is 6.92 Å². The number of ketones is 1. The lowest BCUT2D eigenvalue weighted by molar-refractivity contribution is -0.153. The molecule has 0 bridgehead atoms. The summed E-state index contributed by atoms with van der Waals surface area (Å²) in [6.07, 6.45) is -0.0706. The average molecular weight is 324 g/mol. The summed E-state index contributed by atoms with van der Waals surface area (Å²) < 4.78 is 24.9. The van der Waals surface area contributed by atoms with E-state index in [-0.39, 0.29) is 31.8 Å². The molecule has 0 aliphatic rings. The van der Waals surface area contributed by atoms with Crippen LogP contribution in [0.25, 0.3) is 0 Å². The van der Waals surface area contributed by atoms with Crippen molar-refractivity contribution in [1.29, 1.82) is 0 Å². The van der Waals surface area contributed by atoms with Crippen LogP contribution in [0.5, 0.6) is 0 Å². The number of carbonyl (C=O) groups is 2. The van der Waals surface area contributed by atoms with Gasteiger partial charge in [-0.05, 0) is 26.3 Å². The van der Waals surface area contributed by atoms with Crippen molar-refractivity contribution in [3.05, 3.63) is 35.9 Å². The van der Waals surface area contributed by atoms with Gasteiger partial charge in [-0.15, -0.1) is 0 Å². The molecule has 0 radical (unpaired) electrons. The Morgan fingerprint density at radius 3 is 2.48 bits per heavy atom. The van der Waals surface area contributed by atoms with Crippen LogP contribution in [-0.2, 0) is 25.7 Å². The summed E-state index contributed by atoms with van der Waals surface area (Å²) in [6.45, 7) is 5.12. The van der Waals surface area contributed by atoms with E-state index < -0.39 is 17.6 Å². The molecule has 1 rings (SSSR count). The Labute approximate surface area is 137 Å². The van der Waals surface area contributed by atoms with Crippen LogP contribution >= 0.6 is 0 Å². The normalized spacial score (nSPS) is 14.8. The van der Waals surface area contributed by atoms with Crippen molar-refractivity contribution in [2.45, 2.75) is 45.9 Å². The van der Waals surface area contributed by atoms with E-state index in [4.69, 9.17) is 9.47 Å². The third-order valence-corrected chi connectivity index (χ3v) is 3.57. The third kappa shape index (κ3) is 7.37. The second-order valence-electron chi connectivity index (χ2n) is 5.82. The number of hydrogen-bond donors (Lipinski definition) is 0. The average Bonchev–Trinajstić information content (AvgIpc) is 2.50. The molecule has 2 unspecified atom stereocenters. The van der Waals surface area contributed by atoms with Crippen LogP contribution in [0.2, 0.25) is 0 Å². The van der Waals surface area contributed by atoms with Crippen molar-refractivity contribution in [3.8, 4) is 0 Å². The molecule has 0 spiro atoms. The second kappa shape index (κ2) is 9.40. The van der Waals surface area contributed by atoms with Gasteiger partial charge in [-0.3, -0.25) is 9.59 Å². The summed E-state index contributed by atoms with van der Waals surface area (Å²) in [5.74, 6) is -2.09. The number of rotatable bonds is 10. The van der Waals surface area contributed by atoms with Gasteiger partial charge in [-0.2, -0.15) is 0 Å². The van der Waals surface area contributed by atoms with E-state index in [1.807, 2.05) is 30.3 Å². The Kier molecular flexibility index (Phi) is 7.89. The zero-order chi connectivity index (χ0) is 17.3. The molecule has 0 aliphatic heterocycles. The highest BCUT2D eigenvalue weighted by Crippen LogP contribution is 2.26. The van der Waals surface area contributed by atoms with Crippen molar-refractivity contribution in [2.24, 2.45) is 5.92 Å². The highest BCUT2D eigenvalue weighted by atomic mass is 19.1. The Morgan fingerprint density at radius 1 is 1.26 bits per heavy atom. The summed E-state index contributed by atoms with van der Waals surface area (Å²) >= 11 is 0. The number of ether oxygens (including phenoxy) is 2. The van der Waals surface area contributed by atoms with E-state index in [1.165, 1.54) is 13.8 Å². The maximum Gasteiger partial charge on any atom is 0.316 e. The Bertz CT molecular complexity index is 499. The first-order valence-electron chi connectivity index (χ1n) is 7.83. The standard InChI is InChI=1S/C18H25FO4/c1-4-23-17(21)16(14(2)20)12-18(3,19)10-11-22-13-15-8-6-5-7-9-15/h5-9,16H,4,10-13H2,1-3H3. The molecule has 4 nitrogen and oxygen atoms in total. The van der Waals surface area contributed by atoms with Crippen molar-refractivity contribution in [3.63, 3.8) is 0 Å². The molecule has 0 fully saturated rings. The molecule has 0 N–H and O–H groups in total. The van der Waals surface area contributed by atoms with Crippen LogP contribution in [0.3, 0.4) is 0 Å². The summed E-state index contributed by atoms with van der Waals surface area (Å²) in [7, 11) is 0. The van der Waals surface area contributed by atoms with Crippen molar-refractivity contribution >= 4 is 11.8 Å². The fourth-order valence-corrected chi connectivity index (χ4v) is 2.21. The van der Waals surface area contributed by atoms with Crippen molar-refractivity contribution in [2.75, 3.05) is 13.2 Å². The molecule has 1 aromatic carbocycles. The summed E-state index contributed by atoms with van der Waals surface area (Å²) in [5.41, 5.74) is -0.652. The molecule has 23 heavy (non-hydrogen) atoms. The molecule has 0 heterocycles. The summed E-state index contributed by atoms with van der Waals surface area (Å²) in [5, 5.41) is 0. The van der Waals surface area contributed by atoms with E-state index in [2.05, 4.69) is 0 Å². The SMILES string of the molecule is CCOC(=O)C(CC(C)(F)CCOCc1ccccc1)C(C)=O. The van der Waals surface area contributed by atoms with Gasteiger partial charge in [0.1, 0.15) is 17.4 Å². The molecule has 5 heteroatoms. The minimum Gasteiger partial charge on any atom is -0.465 e. The van der Waals surface area contributed by atoms with Gasteiger partial charge < -0.3 is 9.47 Å². The monoisotopic (exact) mass is 324 g/mol. The van der Waals surface area contributed by atoms with Crippen LogP contribution in [0, 0.1) is 5.92 Å². The number of benzene rings is 1. The maximum absolute atomic E-state index is 14.6. The lowest BCUT2D eigenvalue weighted by atomic mass is 9.89. The van der Waals surface area contributed by atoms with Crippen LogP contribution in [0.15, 0.2) is 30.3 Å². The molecule has 1 aromatic rings. The van der Waals surface area contributed by atoms with E-state index >= 15 is 0 Å². The van der Waals surface area contributed by atoms with Gasteiger partial charge >= 0.3 is 5.97 Å². The van der Waals surface area contributed by atoms with Crippen LogP contribution in [-0.4, -0.2) is 30.6 Å². The first-order chi connectivity index (χ1) is 10.9. The first kappa shape index (κ1) is 19.3. The van der Waals surface area contributed by atoms with E-state index in [9.17, 15) is 14.0 Å². The summed E-state index contributed by atoms with van der Waals surface area (Å²) in [4.78, 5) is 23.3. The minimum atomic E-state index is -1.67. The van der Waals surface area contributed by atoms with Gasteiger partial charge in [0, 0.05) is 12.8 Å². The van der Waals surface area contributed by atoms with Gasteiger partial charge in [0.15, 0.2) is 0 Å². The minimum absolute atomic E-state index is 0.114. The van der Waals surface area contributed by atoms with Gasteiger partial charge in [-0.25, -0.2) is 4.39 Å². The summed E-state index contributed by atoms with van der Waals surface area (Å²) in [6, 6.07) is 9.60. The Morgan fingerprint density at radius 2 is 1.91 bits per heavy atom. The quantitative estimate of drug-likeness (QED) is 0.376. The largest absolute Gasteiger partial charge is 0.465 e. The van der Waals surface area contributed by atoms with E-state index in [0.717, 1.165) is 5.56 Å². The number of halogens is 1. The molecule has 0 saturated carbocycles. The zero-order valence-corrected chi connectivity index (χ0v) is 14.0. The smallest absolute Gasteiger partial charge is 0.316 e. The van der Waals surface area contributed by atoms with Gasteiger partial charge in [0.25, 0.3) is 0 Å². The lowest BCUT2D eigenvalue weighted by Gasteiger charge is -2.24. The van der Waals surface area contributed by atoms with Crippen molar-refractivity contribution < 1.29 is 23.5 Å². The van der Waals surface area contributed by atoms with Gasteiger partial charge in [0.2, 0.25) is 0 Å². The topological polar surface area (TPSA) is 52.6 Å². The second-order valence-corrected chi connectivity index (χ2v) is 5.82. The highest BCUT2D eigenvalue weighted by Gasteiger charge is 2.34. The zero-order valence-electron chi connectivity index (χ0n) is 14.0. The Balaban J connectivity index is 2.44. The van der Waals surface area contributed by atoms with Crippen LogP contribution in [0.4, 0.5) is 4.39 Å². The number of esters is 1. The van der Waals surface area contributed by atoms with Gasteiger partial charge in [-0.1, -0.05) is 30.3 Å². The van der Waals surface area contributed by atoms with Crippen LogP contribution in [0.1, 0.15) is 39.2 Å². The molecule has 2 atom stereocenters. The van der Waals surface area contributed by atoms with Gasteiger partial charge in [0.05, 0.1) is 19.8 Å². The molecular formula is C18H25FO4. The fourth-order valence-electron chi connectivity index (χ4n) is 2.21. The third-order valence-electron chi connectivity index (χ3n) is 3.57. The van der Waals surface area contributed by atoms with E-state index in [0.29, 0.717) is 6.61 Å². The molecule has 0 amide bonds. The number of Topliss-reactive ketones (excluding diaryl/α,β-unsaturated/α-hetero) is 1. The highest BCUT2D eigenvalue weighted by molar-refractivity contribution is 5.97. The van der Waals surface area contributed by atoms with Crippen molar-refractivity contribution in [1.82, 2.24) is 0 Å². The molecule has 128 valence electrons. The maximum atomic E-state index is 14.6. The lowest BCUT2D eigenvalue weighted by Crippen LogP contribution is -2.33. The number of hydrogen-bond acceptors (Lipinski definition) is 4. The van der Waals surface area contributed by atoms with Crippen LogP contribution < -0.4 is 0 Å². The fraction of sp³-hybridized carbons (Fsp3) is 0.556. The number of alkyl halides is 1. The Hall–Kier alpha value is -1.75. The molecule has 0 saturated heterocycles. The molecule has 0 aromatic heterocycles. The number of carbonyl (C=O) groups excluding carboxylic acids is 2.